The van der Waals surface area contributed by atoms with Gasteiger partial charge in [-0.3, -0.25) is 4.79 Å². The molecule has 4 unspecified atom stereocenters. The molecule has 2 fully saturated rings. The summed E-state index contributed by atoms with van der Waals surface area (Å²) in [5.41, 5.74) is 0. The van der Waals surface area contributed by atoms with Crippen molar-refractivity contribution in [2.45, 2.75) is 63.6 Å². The van der Waals surface area contributed by atoms with E-state index >= 15 is 0 Å². The summed E-state index contributed by atoms with van der Waals surface area (Å²) in [6, 6.07) is 0.287. The first-order valence-electron chi connectivity index (χ1n) is 7.29. The molecule has 1 amide bonds. The first kappa shape index (κ1) is 13.8. The van der Waals surface area contributed by atoms with Crippen LogP contribution in [-0.2, 0) is 4.79 Å². The molecule has 0 aromatic rings. The van der Waals surface area contributed by atoms with Crippen molar-refractivity contribution in [1.82, 2.24) is 10.2 Å². The third-order valence-electron chi connectivity index (χ3n) is 4.62. The van der Waals surface area contributed by atoms with Crippen LogP contribution in [0.2, 0.25) is 0 Å². The molecular formula is C14H26N2O2. The van der Waals surface area contributed by atoms with Crippen molar-refractivity contribution in [3.63, 3.8) is 0 Å². The van der Waals surface area contributed by atoms with Gasteiger partial charge in [-0.1, -0.05) is 12.8 Å². The number of nitrogens with one attached hydrogen (secondary N) is 1. The summed E-state index contributed by atoms with van der Waals surface area (Å²) in [6.45, 7) is 3.10. The maximum absolute atomic E-state index is 12.5. The molecule has 4 atom stereocenters. The molecule has 1 aliphatic carbocycles. The Labute approximate surface area is 110 Å². The Morgan fingerprint density at radius 3 is 2.61 bits per heavy atom. The number of hydrogen-bond donors (Lipinski definition) is 2. The molecule has 1 heterocycles. The van der Waals surface area contributed by atoms with Crippen molar-refractivity contribution in [3.8, 4) is 0 Å². The zero-order chi connectivity index (χ0) is 13.1. The number of amides is 1. The third kappa shape index (κ3) is 2.86. The largest absolute Gasteiger partial charge is 0.391 e. The number of nitrogens with zero attached hydrogens (tertiary/aromatic N) is 1. The van der Waals surface area contributed by atoms with Gasteiger partial charge in [0.25, 0.3) is 0 Å². The van der Waals surface area contributed by atoms with Crippen molar-refractivity contribution in [2.75, 3.05) is 13.6 Å². The number of aliphatic hydroxyl groups is 1. The van der Waals surface area contributed by atoms with Gasteiger partial charge in [0, 0.05) is 13.1 Å². The summed E-state index contributed by atoms with van der Waals surface area (Å²) in [5, 5.41) is 13.4. The lowest BCUT2D eigenvalue weighted by molar-refractivity contribution is -0.141. The normalized spacial score (nSPS) is 37.3. The zero-order valence-electron chi connectivity index (χ0n) is 11.6. The molecule has 2 N–H and O–H groups in total. The van der Waals surface area contributed by atoms with Crippen LogP contribution in [0.4, 0.5) is 0 Å². The summed E-state index contributed by atoms with van der Waals surface area (Å²) in [6.07, 6.45) is 5.69. The van der Waals surface area contributed by atoms with Crippen LogP contribution < -0.4 is 5.32 Å². The average Bonchev–Trinajstić information content (AvgIpc) is 2.38. The number of likely N-dealkylation sites (N-methyl/N-ethyl adjacent to an activating group) is 1. The summed E-state index contributed by atoms with van der Waals surface area (Å²) < 4.78 is 0. The summed E-state index contributed by atoms with van der Waals surface area (Å²) in [5.74, 6) is 0.290. The van der Waals surface area contributed by atoms with Crippen molar-refractivity contribution in [1.29, 1.82) is 0 Å². The van der Waals surface area contributed by atoms with Crippen LogP contribution in [0.25, 0.3) is 0 Å². The molecule has 0 radical (unpaired) electrons. The third-order valence-corrected chi connectivity index (χ3v) is 4.62. The Balaban J connectivity index is 1.98. The van der Waals surface area contributed by atoms with Crippen LogP contribution >= 0.6 is 0 Å². The van der Waals surface area contributed by atoms with Crippen LogP contribution in [0, 0.1) is 5.92 Å². The topological polar surface area (TPSA) is 52.6 Å². The smallest absolute Gasteiger partial charge is 0.227 e. The molecule has 0 aromatic carbocycles. The van der Waals surface area contributed by atoms with E-state index < -0.39 is 0 Å². The Morgan fingerprint density at radius 1 is 1.22 bits per heavy atom. The van der Waals surface area contributed by atoms with E-state index in [2.05, 4.69) is 12.2 Å². The SMILES string of the molecule is CC1NCCCC1C(=O)N(C)C1CCCCC1O. The van der Waals surface area contributed by atoms with E-state index in [1.807, 2.05) is 11.9 Å². The van der Waals surface area contributed by atoms with Crippen molar-refractivity contribution in [3.05, 3.63) is 0 Å². The number of carbonyl (C=O) groups excluding carboxylic acids is 1. The van der Waals surface area contributed by atoms with Crippen LogP contribution in [-0.4, -0.2) is 47.7 Å². The Morgan fingerprint density at radius 2 is 1.94 bits per heavy atom. The highest BCUT2D eigenvalue weighted by molar-refractivity contribution is 5.79. The van der Waals surface area contributed by atoms with Crippen LogP contribution in [0.5, 0.6) is 0 Å². The van der Waals surface area contributed by atoms with E-state index in [1.54, 1.807) is 0 Å². The Kier molecular flexibility index (Phi) is 4.62. The molecule has 0 bridgehead atoms. The van der Waals surface area contributed by atoms with Crippen molar-refractivity contribution < 1.29 is 9.90 Å². The average molecular weight is 254 g/mol. The highest BCUT2D eigenvalue weighted by Gasteiger charge is 2.35. The van der Waals surface area contributed by atoms with E-state index in [9.17, 15) is 9.90 Å². The fourth-order valence-electron chi connectivity index (χ4n) is 3.35. The molecule has 0 aromatic heterocycles. The Bertz CT molecular complexity index is 296. The van der Waals surface area contributed by atoms with E-state index in [-0.39, 0.29) is 30.0 Å². The van der Waals surface area contributed by atoms with Crippen LogP contribution in [0.15, 0.2) is 0 Å². The minimum Gasteiger partial charge on any atom is -0.391 e. The van der Waals surface area contributed by atoms with Gasteiger partial charge < -0.3 is 15.3 Å². The second-order valence-electron chi connectivity index (χ2n) is 5.86. The molecule has 2 aliphatic rings. The summed E-state index contributed by atoms with van der Waals surface area (Å²) in [4.78, 5) is 14.3. The molecule has 0 spiro atoms. The van der Waals surface area contributed by atoms with Gasteiger partial charge in [0.05, 0.1) is 18.1 Å². The molecule has 2 rings (SSSR count). The molecule has 1 aliphatic heterocycles. The van der Waals surface area contributed by atoms with E-state index in [4.69, 9.17) is 0 Å². The number of aliphatic hydroxyl groups excluding tert-OH is 1. The van der Waals surface area contributed by atoms with Gasteiger partial charge in [0.1, 0.15) is 0 Å². The second kappa shape index (κ2) is 6.02. The van der Waals surface area contributed by atoms with Crippen molar-refractivity contribution >= 4 is 5.91 Å². The number of hydrogen-bond acceptors (Lipinski definition) is 3. The molecule has 4 nitrogen and oxygen atoms in total. The maximum atomic E-state index is 12.5. The zero-order valence-corrected chi connectivity index (χ0v) is 11.6. The fourth-order valence-corrected chi connectivity index (χ4v) is 3.35. The number of rotatable bonds is 2. The van der Waals surface area contributed by atoms with Gasteiger partial charge in [-0.05, 0) is 39.2 Å². The lowest BCUT2D eigenvalue weighted by Gasteiger charge is -2.39. The van der Waals surface area contributed by atoms with Crippen LogP contribution in [0.3, 0.4) is 0 Å². The first-order valence-corrected chi connectivity index (χ1v) is 7.29. The van der Waals surface area contributed by atoms with E-state index in [0.29, 0.717) is 0 Å². The molecule has 1 saturated heterocycles. The van der Waals surface area contributed by atoms with Gasteiger partial charge in [-0.25, -0.2) is 0 Å². The van der Waals surface area contributed by atoms with Gasteiger partial charge in [-0.15, -0.1) is 0 Å². The highest BCUT2D eigenvalue weighted by Crippen LogP contribution is 2.26. The summed E-state index contributed by atoms with van der Waals surface area (Å²) >= 11 is 0. The van der Waals surface area contributed by atoms with Gasteiger partial charge in [-0.2, -0.15) is 0 Å². The first-order chi connectivity index (χ1) is 8.61. The van der Waals surface area contributed by atoms with Gasteiger partial charge >= 0.3 is 0 Å². The lowest BCUT2D eigenvalue weighted by atomic mass is 9.87. The minimum absolute atomic E-state index is 0.0281. The van der Waals surface area contributed by atoms with Gasteiger partial charge in [0.15, 0.2) is 0 Å². The molecule has 18 heavy (non-hydrogen) atoms. The second-order valence-corrected chi connectivity index (χ2v) is 5.86. The highest BCUT2D eigenvalue weighted by atomic mass is 16.3. The minimum atomic E-state index is -0.334. The van der Waals surface area contributed by atoms with Gasteiger partial charge in [0.2, 0.25) is 5.91 Å². The molecule has 104 valence electrons. The van der Waals surface area contributed by atoms with Crippen molar-refractivity contribution in [2.24, 2.45) is 5.92 Å². The predicted octanol–water partition coefficient (Wildman–Crippen LogP) is 1.14. The quantitative estimate of drug-likeness (QED) is 0.777. The van der Waals surface area contributed by atoms with Crippen LogP contribution in [0.1, 0.15) is 45.4 Å². The number of piperidine rings is 1. The maximum Gasteiger partial charge on any atom is 0.227 e. The number of carbonyl (C=O) groups is 1. The Hall–Kier alpha value is -0.610. The van der Waals surface area contributed by atoms with E-state index in [0.717, 1.165) is 45.1 Å². The fraction of sp³-hybridized carbons (Fsp3) is 0.929. The molecule has 4 heteroatoms. The summed E-state index contributed by atoms with van der Waals surface area (Å²) in [7, 11) is 1.86. The molecular weight excluding hydrogens is 228 g/mol. The predicted molar refractivity (Wildman–Crippen MR) is 71.2 cm³/mol. The monoisotopic (exact) mass is 254 g/mol. The standard InChI is InChI=1S/C14H26N2O2/c1-10-11(6-5-9-15-10)14(18)16(2)12-7-3-4-8-13(12)17/h10-13,15,17H,3-9H2,1-2H3. The molecule has 1 saturated carbocycles. The van der Waals surface area contributed by atoms with E-state index in [1.165, 1.54) is 0 Å². The lowest BCUT2D eigenvalue weighted by Crippen LogP contribution is -2.53.